The minimum atomic E-state index is -1.56. The summed E-state index contributed by atoms with van der Waals surface area (Å²) >= 11 is 0. The second-order valence-corrected chi connectivity index (χ2v) is 5.14. The van der Waals surface area contributed by atoms with Crippen molar-refractivity contribution in [2.45, 2.75) is 33.3 Å². The van der Waals surface area contributed by atoms with Gasteiger partial charge in [0.25, 0.3) is 0 Å². The fourth-order valence-corrected chi connectivity index (χ4v) is 2.30. The first-order valence-electron chi connectivity index (χ1n) is 7.04. The Kier molecular flexibility index (Phi) is 6.15. The Morgan fingerprint density at radius 3 is 2.48 bits per heavy atom. The number of hydrogen-bond acceptors (Lipinski definition) is 3. The number of carboxylic acid groups (broad SMARTS) is 1. The summed E-state index contributed by atoms with van der Waals surface area (Å²) in [6.07, 6.45) is 2.09. The van der Waals surface area contributed by atoms with Crippen molar-refractivity contribution in [2.75, 3.05) is 0 Å². The van der Waals surface area contributed by atoms with Gasteiger partial charge in [0.15, 0.2) is 5.41 Å². The summed E-state index contributed by atoms with van der Waals surface area (Å²) in [5.41, 5.74) is -0.737. The van der Waals surface area contributed by atoms with Gasteiger partial charge in [-0.15, -0.1) is 6.58 Å². The molecule has 1 rings (SSSR count). The van der Waals surface area contributed by atoms with Crippen molar-refractivity contribution in [3.63, 3.8) is 0 Å². The minimum Gasteiger partial charge on any atom is -0.480 e. The van der Waals surface area contributed by atoms with Crippen LogP contribution in [0.15, 0.2) is 43.0 Å². The van der Waals surface area contributed by atoms with Gasteiger partial charge in [-0.2, -0.15) is 0 Å². The molecule has 1 aromatic carbocycles. The number of carbonyl (C=O) groups excluding carboxylic acids is 1. The largest absolute Gasteiger partial charge is 0.480 e. The van der Waals surface area contributed by atoms with E-state index in [1.807, 2.05) is 37.3 Å². The lowest BCUT2D eigenvalue weighted by molar-refractivity contribution is -0.174. The average Bonchev–Trinajstić information content (AvgIpc) is 2.50. The fraction of sp³-hybridized carbons (Fsp3) is 0.412. The molecule has 1 aromatic rings. The second kappa shape index (κ2) is 7.62. The SMILES string of the molecule is C=CCC(C(=O)O)(C(=O)OCc1ccccc1)[C@@H](C)CC. The van der Waals surface area contributed by atoms with Gasteiger partial charge in [-0.05, 0) is 17.9 Å². The smallest absolute Gasteiger partial charge is 0.324 e. The predicted molar refractivity (Wildman–Crippen MR) is 80.6 cm³/mol. The molecule has 0 fully saturated rings. The number of aliphatic carboxylic acids is 1. The molecule has 0 radical (unpaired) electrons. The second-order valence-electron chi connectivity index (χ2n) is 5.14. The number of allylic oxidation sites excluding steroid dienone is 1. The van der Waals surface area contributed by atoms with Crippen molar-refractivity contribution < 1.29 is 19.4 Å². The molecule has 4 nitrogen and oxygen atoms in total. The number of carbonyl (C=O) groups is 2. The molecule has 0 amide bonds. The van der Waals surface area contributed by atoms with Crippen LogP contribution in [0.2, 0.25) is 0 Å². The van der Waals surface area contributed by atoms with Crippen LogP contribution in [-0.2, 0) is 20.9 Å². The highest BCUT2D eigenvalue weighted by Crippen LogP contribution is 2.36. The summed E-state index contributed by atoms with van der Waals surface area (Å²) < 4.78 is 5.26. The summed E-state index contributed by atoms with van der Waals surface area (Å²) in [5, 5.41) is 9.58. The number of rotatable bonds is 8. The van der Waals surface area contributed by atoms with Crippen molar-refractivity contribution in [3.8, 4) is 0 Å². The van der Waals surface area contributed by atoms with E-state index in [1.165, 1.54) is 6.08 Å². The van der Waals surface area contributed by atoms with E-state index >= 15 is 0 Å². The molecule has 0 aliphatic heterocycles. The van der Waals surface area contributed by atoms with Gasteiger partial charge in [-0.1, -0.05) is 56.7 Å². The van der Waals surface area contributed by atoms with E-state index in [2.05, 4.69) is 6.58 Å². The van der Waals surface area contributed by atoms with Gasteiger partial charge >= 0.3 is 11.9 Å². The van der Waals surface area contributed by atoms with E-state index in [0.29, 0.717) is 6.42 Å². The molecule has 1 unspecified atom stereocenters. The quantitative estimate of drug-likeness (QED) is 0.452. The molecular formula is C17H22O4. The van der Waals surface area contributed by atoms with Gasteiger partial charge in [-0.3, -0.25) is 9.59 Å². The zero-order valence-electron chi connectivity index (χ0n) is 12.5. The van der Waals surface area contributed by atoms with Gasteiger partial charge in [0.1, 0.15) is 6.61 Å². The molecule has 2 atom stereocenters. The minimum absolute atomic E-state index is 0.0605. The fourth-order valence-electron chi connectivity index (χ4n) is 2.30. The highest BCUT2D eigenvalue weighted by molar-refractivity contribution is 5.99. The van der Waals surface area contributed by atoms with Crippen molar-refractivity contribution in [3.05, 3.63) is 48.6 Å². The molecule has 0 aliphatic carbocycles. The molecule has 0 heterocycles. The maximum atomic E-state index is 12.4. The Morgan fingerprint density at radius 1 is 1.38 bits per heavy atom. The van der Waals surface area contributed by atoms with Crippen LogP contribution in [0.25, 0.3) is 0 Å². The average molecular weight is 290 g/mol. The predicted octanol–water partition coefficient (Wildman–Crippen LogP) is 3.42. The molecular weight excluding hydrogens is 268 g/mol. The summed E-state index contributed by atoms with van der Waals surface area (Å²) in [6, 6.07) is 9.20. The Labute approximate surface area is 125 Å². The summed E-state index contributed by atoms with van der Waals surface area (Å²) in [4.78, 5) is 24.1. The number of carboxylic acids is 1. The van der Waals surface area contributed by atoms with E-state index in [9.17, 15) is 14.7 Å². The van der Waals surface area contributed by atoms with Crippen molar-refractivity contribution in [1.82, 2.24) is 0 Å². The maximum Gasteiger partial charge on any atom is 0.324 e. The Hall–Kier alpha value is -2.10. The molecule has 21 heavy (non-hydrogen) atoms. The zero-order chi connectivity index (χ0) is 15.9. The van der Waals surface area contributed by atoms with E-state index in [0.717, 1.165) is 5.56 Å². The Balaban J connectivity index is 2.94. The first kappa shape index (κ1) is 17.0. The molecule has 0 aliphatic rings. The van der Waals surface area contributed by atoms with Crippen LogP contribution in [0.3, 0.4) is 0 Å². The lowest BCUT2D eigenvalue weighted by Crippen LogP contribution is -2.45. The van der Waals surface area contributed by atoms with Crippen LogP contribution in [0.5, 0.6) is 0 Å². The molecule has 0 saturated carbocycles. The van der Waals surface area contributed by atoms with Crippen LogP contribution in [-0.4, -0.2) is 17.0 Å². The normalized spacial score (nSPS) is 14.8. The summed E-state index contributed by atoms with van der Waals surface area (Å²) in [6.45, 7) is 7.25. The monoisotopic (exact) mass is 290 g/mol. The maximum absolute atomic E-state index is 12.4. The van der Waals surface area contributed by atoms with E-state index in [4.69, 9.17) is 4.74 Å². The number of ether oxygens (including phenoxy) is 1. The molecule has 114 valence electrons. The van der Waals surface area contributed by atoms with Crippen LogP contribution in [0.1, 0.15) is 32.3 Å². The molecule has 1 N–H and O–H groups in total. The molecule has 0 spiro atoms. The van der Waals surface area contributed by atoms with Gasteiger partial charge in [0, 0.05) is 0 Å². The molecule has 0 aromatic heterocycles. The van der Waals surface area contributed by atoms with Gasteiger partial charge < -0.3 is 9.84 Å². The van der Waals surface area contributed by atoms with Gasteiger partial charge in [0.2, 0.25) is 0 Å². The topological polar surface area (TPSA) is 63.6 Å². The van der Waals surface area contributed by atoms with E-state index in [1.54, 1.807) is 6.92 Å². The van der Waals surface area contributed by atoms with Crippen molar-refractivity contribution in [2.24, 2.45) is 11.3 Å². The zero-order valence-corrected chi connectivity index (χ0v) is 12.5. The van der Waals surface area contributed by atoms with Crippen LogP contribution in [0.4, 0.5) is 0 Å². The van der Waals surface area contributed by atoms with Gasteiger partial charge in [0.05, 0.1) is 0 Å². The lowest BCUT2D eigenvalue weighted by atomic mass is 9.72. The summed E-state index contributed by atoms with van der Waals surface area (Å²) in [5.74, 6) is -2.20. The third-order valence-corrected chi connectivity index (χ3v) is 3.88. The standard InChI is InChI=1S/C17H22O4/c1-4-11-17(15(18)19,13(3)5-2)16(20)21-12-14-9-7-6-8-10-14/h4,6-10,13H,1,5,11-12H2,2-3H3,(H,18,19)/t13-,17?/m0/s1. The van der Waals surface area contributed by atoms with Crippen molar-refractivity contribution in [1.29, 1.82) is 0 Å². The molecule has 0 saturated heterocycles. The number of hydrogen-bond donors (Lipinski definition) is 1. The Bertz CT molecular complexity index is 495. The first-order valence-corrected chi connectivity index (χ1v) is 7.04. The third-order valence-electron chi connectivity index (χ3n) is 3.88. The highest BCUT2D eigenvalue weighted by Gasteiger charge is 2.50. The third kappa shape index (κ3) is 3.72. The lowest BCUT2D eigenvalue weighted by Gasteiger charge is -2.31. The first-order chi connectivity index (χ1) is 9.98. The summed E-state index contributed by atoms with van der Waals surface area (Å²) in [7, 11) is 0. The Morgan fingerprint density at radius 2 is 2.00 bits per heavy atom. The van der Waals surface area contributed by atoms with E-state index < -0.39 is 17.4 Å². The van der Waals surface area contributed by atoms with Crippen LogP contribution in [0, 0.1) is 11.3 Å². The molecule has 4 heteroatoms. The van der Waals surface area contributed by atoms with Crippen LogP contribution >= 0.6 is 0 Å². The van der Waals surface area contributed by atoms with Gasteiger partial charge in [-0.25, -0.2) is 0 Å². The van der Waals surface area contributed by atoms with Crippen LogP contribution < -0.4 is 0 Å². The number of benzene rings is 1. The molecule has 0 bridgehead atoms. The van der Waals surface area contributed by atoms with Crippen molar-refractivity contribution >= 4 is 11.9 Å². The van der Waals surface area contributed by atoms with E-state index in [-0.39, 0.29) is 18.9 Å². The number of esters is 1. The highest BCUT2D eigenvalue weighted by atomic mass is 16.5.